The summed E-state index contributed by atoms with van der Waals surface area (Å²) in [6.45, 7) is 7.18. The summed E-state index contributed by atoms with van der Waals surface area (Å²) in [6.07, 6.45) is 8.58. The molecule has 0 saturated heterocycles. The summed E-state index contributed by atoms with van der Waals surface area (Å²) in [5.41, 5.74) is 1.38. The van der Waals surface area contributed by atoms with E-state index in [0.717, 1.165) is 6.42 Å². The third kappa shape index (κ3) is 4.52. The monoisotopic (exact) mass is 394 g/mol. The van der Waals surface area contributed by atoms with E-state index >= 15 is 0 Å². The van der Waals surface area contributed by atoms with Crippen LogP contribution in [0, 0.1) is 24.7 Å². The van der Waals surface area contributed by atoms with Gasteiger partial charge >= 0.3 is 5.97 Å². The van der Waals surface area contributed by atoms with Crippen molar-refractivity contribution in [1.82, 2.24) is 9.55 Å². The van der Waals surface area contributed by atoms with E-state index in [4.69, 9.17) is 4.74 Å². The number of hydrogen-bond acceptors (Lipinski definition) is 4. The number of aromatic nitrogens is 2. The van der Waals surface area contributed by atoms with Gasteiger partial charge in [-0.25, -0.2) is 4.79 Å². The van der Waals surface area contributed by atoms with Crippen molar-refractivity contribution >= 4 is 16.9 Å². The number of rotatable bonds is 3. The number of allylic oxidation sites excluding steroid dienone is 3. The topological polar surface area (TPSA) is 84.3 Å². The Morgan fingerprint density at radius 1 is 1.41 bits per heavy atom. The first-order valence-corrected chi connectivity index (χ1v) is 9.56. The molecule has 29 heavy (non-hydrogen) atoms. The Morgan fingerprint density at radius 3 is 2.76 bits per heavy atom. The van der Waals surface area contributed by atoms with Crippen LogP contribution in [0.3, 0.4) is 0 Å². The number of aromatic amines is 1. The van der Waals surface area contributed by atoms with Crippen LogP contribution in [0.4, 0.5) is 0 Å². The van der Waals surface area contributed by atoms with E-state index in [1.54, 1.807) is 34.0 Å². The number of esters is 1. The van der Waals surface area contributed by atoms with Crippen LogP contribution in [0.1, 0.15) is 48.8 Å². The molecular formula is C23H26N2O4. The minimum absolute atomic E-state index is 0.135. The third-order valence-electron chi connectivity index (χ3n) is 4.82. The molecule has 3 rings (SSSR count). The lowest BCUT2D eigenvalue weighted by atomic mass is 9.98. The van der Waals surface area contributed by atoms with Crippen LogP contribution in [0.5, 0.6) is 0 Å². The van der Waals surface area contributed by atoms with Crippen LogP contribution in [-0.2, 0) is 11.8 Å². The minimum atomic E-state index is -1.20. The lowest BCUT2D eigenvalue weighted by Crippen LogP contribution is -2.18. The number of fused-ring (bicyclic) bond motifs is 1. The number of pyridine rings is 1. The van der Waals surface area contributed by atoms with Crippen molar-refractivity contribution in [2.45, 2.75) is 39.7 Å². The highest BCUT2D eigenvalue weighted by molar-refractivity contribution is 6.07. The van der Waals surface area contributed by atoms with E-state index in [1.807, 2.05) is 19.1 Å². The van der Waals surface area contributed by atoms with Crippen molar-refractivity contribution < 1.29 is 14.6 Å². The molecular weight excluding hydrogens is 368 g/mol. The molecule has 1 unspecified atom stereocenters. The number of carbonyl (C=O) groups excluding carboxylic acids is 1. The predicted octanol–water partition coefficient (Wildman–Crippen LogP) is 2.98. The Hall–Kier alpha value is -3.04. The van der Waals surface area contributed by atoms with Gasteiger partial charge in [0.25, 0.3) is 5.56 Å². The van der Waals surface area contributed by atoms with E-state index in [-0.39, 0.29) is 18.1 Å². The summed E-state index contributed by atoms with van der Waals surface area (Å²) in [6, 6.07) is 0. The zero-order valence-electron chi connectivity index (χ0n) is 17.4. The molecule has 1 atom stereocenters. The van der Waals surface area contributed by atoms with Gasteiger partial charge in [0.1, 0.15) is 11.1 Å². The fourth-order valence-corrected chi connectivity index (χ4v) is 3.27. The first-order chi connectivity index (χ1) is 13.6. The molecule has 0 bridgehead atoms. The summed E-state index contributed by atoms with van der Waals surface area (Å²) < 4.78 is 6.98. The molecule has 1 aliphatic rings. The summed E-state index contributed by atoms with van der Waals surface area (Å²) >= 11 is 0. The van der Waals surface area contributed by atoms with Gasteiger partial charge in [-0.15, -0.1) is 0 Å². The normalized spacial score (nSPS) is 16.3. The van der Waals surface area contributed by atoms with E-state index in [1.165, 1.54) is 10.1 Å². The van der Waals surface area contributed by atoms with Gasteiger partial charge in [0.15, 0.2) is 0 Å². The number of H-pyrrole nitrogens is 1. The number of hydrogen-bond donors (Lipinski definition) is 2. The molecule has 0 aliphatic heterocycles. The Bertz CT molecular complexity index is 1140. The van der Waals surface area contributed by atoms with Crippen LogP contribution in [0.15, 0.2) is 34.8 Å². The van der Waals surface area contributed by atoms with Gasteiger partial charge in [0.05, 0.1) is 17.7 Å². The number of nitrogens with zero attached hydrogens (tertiary/aromatic N) is 1. The number of nitrogens with one attached hydrogen (secondary N) is 1. The SMILES string of the molecule is CC1=CCC(COC(=O)c2c(C)[nH]c3c(=O)n(C)cc(C#CC(C)(C)O)c23)C=C1. The Kier molecular flexibility index (Phi) is 5.54. The molecule has 0 amide bonds. The van der Waals surface area contributed by atoms with Gasteiger partial charge in [-0.3, -0.25) is 4.79 Å². The summed E-state index contributed by atoms with van der Waals surface area (Å²) in [4.78, 5) is 28.5. The summed E-state index contributed by atoms with van der Waals surface area (Å²) in [5, 5.41) is 10.4. The molecule has 6 heteroatoms. The first-order valence-electron chi connectivity index (χ1n) is 9.56. The molecule has 0 saturated carbocycles. The average Bonchev–Trinajstić information content (AvgIpc) is 2.99. The van der Waals surface area contributed by atoms with Crippen LogP contribution in [-0.4, -0.2) is 32.8 Å². The van der Waals surface area contributed by atoms with Gasteiger partial charge < -0.3 is 19.4 Å². The largest absolute Gasteiger partial charge is 0.461 e. The van der Waals surface area contributed by atoms with E-state index in [2.05, 4.69) is 22.9 Å². The lowest BCUT2D eigenvalue weighted by Gasteiger charge is -2.15. The van der Waals surface area contributed by atoms with E-state index in [9.17, 15) is 14.7 Å². The Balaban J connectivity index is 2.01. The van der Waals surface area contributed by atoms with Crippen molar-refractivity contribution in [3.63, 3.8) is 0 Å². The van der Waals surface area contributed by atoms with Gasteiger partial charge in [0.2, 0.25) is 0 Å². The molecule has 0 spiro atoms. The fraction of sp³-hybridized carbons (Fsp3) is 0.391. The average molecular weight is 394 g/mol. The van der Waals surface area contributed by atoms with Crippen molar-refractivity contribution in [1.29, 1.82) is 0 Å². The Morgan fingerprint density at radius 2 is 2.14 bits per heavy atom. The minimum Gasteiger partial charge on any atom is -0.461 e. The maximum Gasteiger partial charge on any atom is 0.340 e. The molecule has 2 N–H and O–H groups in total. The van der Waals surface area contributed by atoms with Crippen molar-refractivity contribution in [2.75, 3.05) is 6.61 Å². The highest BCUT2D eigenvalue weighted by atomic mass is 16.5. The molecule has 0 radical (unpaired) electrons. The first kappa shape index (κ1) is 20.7. The Labute approximate surface area is 169 Å². The summed E-state index contributed by atoms with van der Waals surface area (Å²) in [7, 11) is 1.62. The second-order valence-corrected chi connectivity index (χ2v) is 8.04. The molecule has 0 fully saturated rings. The second kappa shape index (κ2) is 7.76. The molecule has 2 heterocycles. The van der Waals surface area contributed by atoms with Gasteiger partial charge in [-0.1, -0.05) is 35.6 Å². The molecule has 1 aliphatic carbocycles. The number of ether oxygens (including phenoxy) is 1. The van der Waals surface area contributed by atoms with E-state index in [0.29, 0.717) is 27.7 Å². The fourth-order valence-electron chi connectivity index (χ4n) is 3.27. The molecule has 6 nitrogen and oxygen atoms in total. The van der Waals surface area contributed by atoms with Crippen LogP contribution < -0.4 is 5.56 Å². The van der Waals surface area contributed by atoms with Crippen molar-refractivity contribution in [3.05, 3.63) is 57.2 Å². The smallest absolute Gasteiger partial charge is 0.340 e. The van der Waals surface area contributed by atoms with Crippen LogP contribution >= 0.6 is 0 Å². The highest BCUT2D eigenvalue weighted by Crippen LogP contribution is 2.25. The second-order valence-electron chi connectivity index (χ2n) is 8.04. The van der Waals surface area contributed by atoms with Crippen molar-refractivity contribution in [2.24, 2.45) is 13.0 Å². The number of carbonyl (C=O) groups is 1. The van der Waals surface area contributed by atoms with E-state index < -0.39 is 11.6 Å². The quantitative estimate of drug-likeness (QED) is 0.619. The number of aliphatic hydroxyl groups is 1. The maximum absolute atomic E-state index is 12.9. The van der Waals surface area contributed by atoms with Crippen LogP contribution in [0.25, 0.3) is 10.9 Å². The summed E-state index contributed by atoms with van der Waals surface area (Å²) in [5.74, 6) is 5.30. The third-order valence-corrected chi connectivity index (χ3v) is 4.82. The van der Waals surface area contributed by atoms with Crippen molar-refractivity contribution in [3.8, 4) is 11.8 Å². The molecule has 152 valence electrons. The van der Waals surface area contributed by atoms with Crippen LogP contribution in [0.2, 0.25) is 0 Å². The number of aryl methyl sites for hydroxylation is 2. The van der Waals surface area contributed by atoms with Gasteiger partial charge in [0, 0.05) is 30.2 Å². The maximum atomic E-state index is 12.9. The molecule has 2 aromatic rings. The lowest BCUT2D eigenvalue weighted by molar-refractivity contribution is 0.0466. The highest BCUT2D eigenvalue weighted by Gasteiger charge is 2.23. The molecule has 0 aromatic carbocycles. The van der Waals surface area contributed by atoms with Gasteiger partial charge in [-0.05, 0) is 34.1 Å². The zero-order chi connectivity index (χ0) is 21.3. The molecule has 2 aromatic heterocycles. The van der Waals surface area contributed by atoms with Gasteiger partial charge in [-0.2, -0.15) is 0 Å². The standard InChI is InChI=1S/C23H26N2O4/c1-14-6-8-16(9-7-14)13-29-22(27)18-15(2)24-20-19(18)17(10-11-23(3,4)28)12-25(5)21(20)26/h6-8,12,16,24,28H,9,13H2,1-5H3. The zero-order valence-corrected chi connectivity index (χ0v) is 17.4. The predicted molar refractivity (Wildman–Crippen MR) is 113 cm³/mol.